The van der Waals surface area contributed by atoms with Crippen LogP contribution in [0.2, 0.25) is 0 Å². The van der Waals surface area contributed by atoms with E-state index < -0.39 is 0 Å². The SMILES string of the molecule is C=CCN(CC=C)CCCNC(C)(C)C. The Hall–Kier alpha value is -0.600. The highest BCUT2D eigenvalue weighted by Gasteiger charge is 2.07. The summed E-state index contributed by atoms with van der Waals surface area (Å²) in [4.78, 5) is 2.34. The summed E-state index contributed by atoms with van der Waals surface area (Å²) in [6.07, 6.45) is 5.06. The Morgan fingerprint density at radius 3 is 2.07 bits per heavy atom. The van der Waals surface area contributed by atoms with Crippen molar-refractivity contribution in [3.63, 3.8) is 0 Å². The molecule has 0 fully saturated rings. The summed E-state index contributed by atoms with van der Waals surface area (Å²) in [7, 11) is 0. The van der Waals surface area contributed by atoms with Gasteiger partial charge in [-0.25, -0.2) is 0 Å². The quantitative estimate of drug-likeness (QED) is 0.489. The summed E-state index contributed by atoms with van der Waals surface area (Å²) in [5.74, 6) is 0. The second kappa shape index (κ2) is 7.66. The van der Waals surface area contributed by atoms with Gasteiger partial charge < -0.3 is 5.32 Å². The van der Waals surface area contributed by atoms with E-state index in [-0.39, 0.29) is 5.54 Å². The predicted octanol–water partition coefficient (Wildman–Crippen LogP) is 2.44. The lowest BCUT2D eigenvalue weighted by atomic mass is 10.1. The zero-order valence-corrected chi connectivity index (χ0v) is 10.6. The van der Waals surface area contributed by atoms with E-state index in [1.54, 1.807) is 0 Å². The van der Waals surface area contributed by atoms with E-state index in [4.69, 9.17) is 0 Å². The molecule has 0 aliphatic heterocycles. The van der Waals surface area contributed by atoms with E-state index in [1.807, 2.05) is 12.2 Å². The van der Waals surface area contributed by atoms with Crippen molar-refractivity contribution in [3.05, 3.63) is 25.3 Å². The lowest BCUT2D eigenvalue weighted by molar-refractivity contribution is 0.317. The monoisotopic (exact) mass is 210 g/mol. The molecule has 0 radical (unpaired) electrons. The fourth-order valence-electron chi connectivity index (χ4n) is 1.39. The third kappa shape index (κ3) is 9.70. The first-order valence-corrected chi connectivity index (χ1v) is 5.69. The Labute approximate surface area is 95.0 Å². The van der Waals surface area contributed by atoms with E-state index in [0.717, 1.165) is 26.2 Å². The zero-order chi connectivity index (χ0) is 11.7. The van der Waals surface area contributed by atoms with E-state index >= 15 is 0 Å². The van der Waals surface area contributed by atoms with Gasteiger partial charge in [-0.1, -0.05) is 12.2 Å². The first kappa shape index (κ1) is 14.4. The predicted molar refractivity (Wildman–Crippen MR) is 69.2 cm³/mol. The molecule has 0 spiro atoms. The molecular formula is C13H26N2. The summed E-state index contributed by atoms with van der Waals surface area (Å²) < 4.78 is 0. The minimum Gasteiger partial charge on any atom is -0.312 e. The maximum Gasteiger partial charge on any atom is 0.0163 e. The molecule has 0 saturated carbocycles. The highest BCUT2D eigenvalue weighted by atomic mass is 15.1. The minimum absolute atomic E-state index is 0.224. The molecule has 88 valence electrons. The summed E-state index contributed by atoms with van der Waals surface area (Å²) in [6, 6.07) is 0. The lowest BCUT2D eigenvalue weighted by Crippen LogP contribution is -2.38. The maximum absolute atomic E-state index is 3.76. The number of rotatable bonds is 8. The van der Waals surface area contributed by atoms with Gasteiger partial charge in [-0.05, 0) is 40.3 Å². The molecule has 0 atom stereocenters. The molecule has 0 aromatic rings. The fourth-order valence-corrected chi connectivity index (χ4v) is 1.39. The Balaban J connectivity index is 3.61. The molecule has 0 aromatic heterocycles. The van der Waals surface area contributed by atoms with Gasteiger partial charge in [0.25, 0.3) is 0 Å². The van der Waals surface area contributed by atoms with Crippen LogP contribution >= 0.6 is 0 Å². The van der Waals surface area contributed by atoms with Crippen molar-refractivity contribution in [1.82, 2.24) is 10.2 Å². The van der Waals surface area contributed by atoms with Crippen LogP contribution in [0.25, 0.3) is 0 Å². The van der Waals surface area contributed by atoms with E-state index in [0.29, 0.717) is 0 Å². The van der Waals surface area contributed by atoms with E-state index in [9.17, 15) is 0 Å². The second-order valence-electron chi connectivity index (χ2n) is 4.87. The number of nitrogens with one attached hydrogen (secondary N) is 1. The highest BCUT2D eigenvalue weighted by molar-refractivity contribution is 4.80. The Bertz CT molecular complexity index is 169. The number of nitrogens with zero attached hydrogens (tertiary/aromatic N) is 1. The van der Waals surface area contributed by atoms with Crippen molar-refractivity contribution < 1.29 is 0 Å². The van der Waals surface area contributed by atoms with Crippen LogP contribution in [0.3, 0.4) is 0 Å². The summed E-state index contributed by atoms with van der Waals surface area (Å²) in [5, 5.41) is 3.48. The molecule has 0 aliphatic carbocycles. The van der Waals surface area contributed by atoms with Crippen molar-refractivity contribution in [3.8, 4) is 0 Å². The van der Waals surface area contributed by atoms with Gasteiger partial charge in [0.15, 0.2) is 0 Å². The molecule has 0 bridgehead atoms. The zero-order valence-electron chi connectivity index (χ0n) is 10.6. The normalized spacial score (nSPS) is 11.7. The van der Waals surface area contributed by atoms with Crippen LogP contribution < -0.4 is 5.32 Å². The molecule has 0 amide bonds. The van der Waals surface area contributed by atoms with Crippen LogP contribution in [-0.4, -0.2) is 36.6 Å². The van der Waals surface area contributed by atoms with Crippen molar-refractivity contribution >= 4 is 0 Å². The molecule has 0 heterocycles. The van der Waals surface area contributed by atoms with Crippen LogP contribution in [0.4, 0.5) is 0 Å². The van der Waals surface area contributed by atoms with Gasteiger partial charge in [0.1, 0.15) is 0 Å². The summed E-state index contributed by atoms with van der Waals surface area (Å²) >= 11 is 0. The molecule has 0 aromatic carbocycles. The molecule has 2 heteroatoms. The maximum atomic E-state index is 3.76. The first-order chi connectivity index (χ1) is 6.99. The van der Waals surface area contributed by atoms with E-state index in [2.05, 4.69) is 44.1 Å². The van der Waals surface area contributed by atoms with Crippen molar-refractivity contribution in [1.29, 1.82) is 0 Å². The Morgan fingerprint density at radius 2 is 1.67 bits per heavy atom. The Kier molecular flexibility index (Phi) is 7.35. The molecule has 15 heavy (non-hydrogen) atoms. The third-order valence-electron chi connectivity index (χ3n) is 2.08. The number of hydrogen-bond acceptors (Lipinski definition) is 2. The molecule has 0 rings (SSSR count). The van der Waals surface area contributed by atoms with E-state index in [1.165, 1.54) is 6.42 Å². The average Bonchev–Trinajstić information content (AvgIpc) is 2.11. The van der Waals surface area contributed by atoms with Crippen LogP contribution in [0.15, 0.2) is 25.3 Å². The minimum atomic E-state index is 0.224. The number of hydrogen-bond donors (Lipinski definition) is 1. The van der Waals surface area contributed by atoms with Gasteiger partial charge >= 0.3 is 0 Å². The van der Waals surface area contributed by atoms with Crippen molar-refractivity contribution in [2.75, 3.05) is 26.2 Å². The van der Waals surface area contributed by atoms with Gasteiger partial charge in [0.2, 0.25) is 0 Å². The summed E-state index contributed by atoms with van der Waals surface area (Å²) in [6.45, 7) is 18.1. The average molecular weight is 210 g/mol. The fraction of sp³-hybridized carbons (Fsp3) is 0.692. The van der Waals surface area contributed by atoms with Crippen LogP contribution in [0.5, 0.6) is 0 Å². The first-order valence-electron chi connectivity index (χ1n) is 5.69. The van der Waals surface area contributed by atoms with Crippen molar-refractivity contribution in [2.24, 2.45) is 0 Å². The van der Waals surface area contributed by atoms with Gasteiger partial charge in [0.05, 0.1) is 0 Å². The standard InChI is InChI=1S/C13H26N2/c1-6-10-15(11-7-2)12-8-9-14-13(3,4)5/h6-7,14H,1-2,8-12H2,3-5H3. The molecule has 0 unspecified atom stereocenters. The van der Waals surface area contributed by atoms with Gasteiger partial charge in [-0.2, -0.15) is 0 Å². The topological polar surface area (TPSA) is 15.3 Å². The molecule has 1 N–H and O–H groups in total. The molecule has 0 saturated heterocycles. The van der Waals surface area contributed by atoms with Gasteiger partial charge in [0, 0.05) is 18.6 Å². The van der Waals surface area contributed by atoms with Crippen molar-refractivity contribution in [2.45, 2.75) is 32.7 Å². The molecule has 0 aliphatic rings. The third-order valence-corrected chi connectivity index (χ3v) is 2.08. The summed E-state index contributed by atoms with van der Waals surface area (Å²) in [5.41, 5.74) is 0.224. The van der Waals surface area contributed by atoms with Crippen LogP contribution in [-0.2, 0) is 0 Å². The smallest absolute Gasteiger partial charge is 0.0163 e. The van der Waals surface area contributed by atoms with Gasteiger partial charge in [-0.3, -0.25) is 4.90 Å². The Morgan fingerprint density at radius 1 is 1.13 bits per heavy atom. The van der Waals surface area contributed by atoms with Crippen LogP contribution in [0, 0.1) is 0 Å². The lowest BCUT2D eigenvalue weighted by Gasteiger charge is -2.23. The molecular weight excluding hydrogens is 184 g/mol. The van der Waals surface area contributed by atoms with Gasteiger partial charge in [-0.15, -0.1) is 13.2 Å². The largest absolute Gasteiger partial charge is 0.312 e. The highest BCUT2D eigenvalue weighted by Crippen LogP contribution is 1.99. The van der Waals surface area contributed by atoms with Crippen LogP contribution in [0.1, 0.15) is 27.2 Å². The molecule has 2 nitrogen and oxygen atoms in total. The second-order valence-corrected chi connectivity index (χ2v) is 4.87.